The lowest BCUT2D eigenvalue weighted by molar-refractivity contribution is 0.0540. The van der Waals surface area contributed by atoms with Crippen LogP contribution in [0.4, 0.5) is 0 Å². The van der Waals surface area contributed by atoms with Crippen LogP contribution < -0.4 is 0 Å². The number of hydrogen-bond donors (Lipinski definition) is 3. The Morgan fingerprint density at radius 2 is 1.95 bits per heavy atom. The van der Waals surface area contributed by atoms with E-state index in [1.54, 1.807) is 19.9 Å². The Bertz CT molecular complexity index is 487. The molecular formula is C17H26O3. The zero-order valence-electron chi connectivity index (χ0n) is 12.9. The zero-order valence-corrected chi connectivity index (χ0v) is 12.9. The third kappa shape index (κ3) is 4.89. The first kappa shape index (κ1) is 16.6. The van der Waals surface area contributed by atoms with Crippen molar-refractivity contribution in [3.05, 3.63) is 34.9 Å². The van der Waals surface area contributed by atoms with Gasteiger partial charge in [0.25, 0.3) is 0 Å². The summed E-state index contributed by atoms with van der Waals surface area (Å²) >= 11 is 0. The number of aromatic hydroxyl groups is 2. The van der Waals surface area contributed by atoms with Gasteiger partial charge in [-0.3, -0.25) is 0 Å². The Morgan fingerprint density at radius 1 is 1.30 bits per heavy atom. The molecule has 1 atom stereocenters. The molecule has 0 aromatic heterocycles. The molecule has 3 nitrogen and oxygen atoms in total. The monoisotopic (exact) mass is 278 g/mol. The Hall–Kier alpha value is -1.48. The van der Waals surface area contributed by atoms with Crippen LogP contribution in [-0.2, 0) is 6.42 Å². The number of phenolic OH excluding ortho intramolecular Hbond substituents is 2. The number of allylic oxidation sites excluding steroid dienone is 1. The topological polar surface area (TPSA) is 60.7 Å². The SMILES string of the molecule is CC/C(C)=C/CC(C)(O)CCc1cc(O)cc(C)c1O. The van der Waals surface area contributed by atoms with Crippen molar-refractivity contribution in [2.45, 2.75) is 59.0 Å². The molecular weight excluding hydrogens is 252 g/mol. The number of aryl methyl sites for hydroxylation is 2. The summed E-state index contributed by atoms with van der Waals surface area (Å²) in [6.07, 6.45) is 4.73. The Balaban J connectivity index is 2.71. The van der Waals surface area contributed by atoms with Gasteiger partial charge < -0.3 is 15.3 Å². The summed E-state index contributed by atoms with van der Waals surface area (Å²) in [5.74, 6) is 0.357. The first-order valence-electron chi connectivity index (χ1n) is 7.14. The molecule has 3 heteroatoms. The van der Waals surface area contributed by atoms with E-state index >= 15 is 0 Å². The molecule has 0 aliphatic heterocycles. The highest BCUT2D eigenvalue weighted by Crippen LogP contribution is 2.30. The van der Waals surface area contributed by atoms with Crippen molar-refractivity contribution in [1.82, 2.24) is 0 Å². The minimum Gasteiger partial charge on any atom is -0.508 e. The molecule has 1 rings (SSSR count). The molecule has 0 fully saturated rings. The Morgan fingerprint density at radius 3 is 2.55 bits per heavy atom. The van der Waals surface area contributed by atoms with Crippen LogP contribution in [0.5, 0.6) is 11.5 Å². The summed E-state index contributed by atoms with van der Waals surface area (Å²) < 4.78 is 0. The molecule has 0 aliphatic carbocycles. The molecule has 20 heavy (non-hydrogen) atoms. The molecule has 1 aromatic rings. The van der Waals surface area contributed by atoms with Gasteiger partial charge in [0.2, 0.25) is 0 Å². The number of hydrogen-bond acceptors (Lipinski definition) is 3. The fourth-order valence-electron chi connectivity index (χ4n) is 2.07. The molecule has 0 amide bonds. The quantitative estimate of drug-likeness (QED) is 0.547. The number of benzene rings is 1. The van der Waals surface area contributed by atoms with Gasteiger partial charge in [-0.2, -0.15) is 0 Å². The van der Waals surface area contributed by atoms with Crippen molar-refractivity contribution in [2.24, 2.45) is 0 Å². The van der Waals surface area contributed by atoms with Gasteiger partial charge in [-0.1, -0.05) is 18.6 Å². The summed E-state index contributed by atoms with van der Waals surface area (Å²) in [4.78, 5) is 0. The third-order valence-corrected chi connectivity index (χ3v) is 3.75. The molecule has 1 unspecified atom stereocenters. The lowest BCUT2D eigenvalue weighted by Gasteiger charge is -2.22. The van der Waals surface area contributed by atoms with Crippen LogP contribution in [0.2, 0.25) is 0 Å². The first-order valence-corrected chi connectivity index (χ1v) is 7.14. The van der Waals surface area contributed by atoms with Gasteiger partial charge in [0.1, 0.15) is 11.5 Å². The lowest BCUT2D eigenvalue weighted by atomic mass is 9.91. The molecule has 0 saturated carbocycles. The van der Waals surface area contributed by atoms with Gasteiger partial charge in [0.15, 0.2) is 0 Å². The fraction of sp³-hybridized carbons (Fsp3) is 0.529. The van der Waals surface area contributed by atoms with E-state index in [1.165, 1.54) is 11.6 Å². The van der Waals surface area contributed by atoms with Crippen LogP contribution in [0.15, 0.2) is 23.8 Å². The van der Waals surface area contributed by atoms with Crippen molar-refractivity contribution in [3.8, 4) is 11.5 Å². The highest BCUT2D eigenvalue weighted by molar-refractivity contribution is 5.45. The van der Waals surface area contributed by atoms with Gasteiger partial charge in [-0.15, -0.1) is 0 Å². The standard InChI is InChI=1S/C17H26O3/c1-5-12(2)6-8-17(4,20)9-7-14-11-15(18)10-13(3)16(14)19/h6,10-11,18-20H,5,7-9H2,1-4H3/b12-6+. The number of phenols is 2. The van der Waals surface area contributed by atoms with Crippen molar-refractivity contribution in [1.29, 1.82) is 0 Å². The largest absolute Gasteiger partial charge is 0.508 e. The highest BCUT2D eigenvalue weighted by atomic mass is 16.3. The van der Waals surface area contributed by atoms with Crippen molar-refractivity contribution in [2.75, 3.05) is 0 Å². The summed E-state index contributed by atoms with van der Waals surface area (Å²) in [6, 6.07) is 3.09. The van der Waals surface area contributed by atoms with E-state index in [0.29, 0.717) is 30.4 Å². The molecule has 1 aromatic carbocycles. The maximum absolute atomic E-state index is 10.4. The second-order valence-corrected chi connectivity index (χ2v) is 5.88. The lowest BCUT2D eigenvalue weighted by Crippen LogP contribution is -2.24. The average Bonchev–Trinajstić information content (AvgIpc) is 2.38. The van der Waals surface area contributed by atoms with Crippen molar-refractivity contribution in [3.63, 3.8) is 0 Å². The second-order valence-electron chi connectivity index (χ2n) is 5.88. The van der Waals surface area contributed by atoms with Crippen LogP contribution in [0.3, 0.4) is 0 Å². The minimum absolute atomic E-state index is 0.150. The van der Waals surface area contributed by atoms with E-state index in [9.17, 15) is 15.3 Å². The fourth-order valence-corrected chi connectivity index (χ4v) is 2.07. The van der Waals surface area contributed by atoms with Gasteiger partial charge >= 0.3 is 0 Å². The predicted molar refractivity (Wildman–Crippen MR) is 82.1 cm³/mol. The van der Waals surface area contributed by atoms with E-state index in [-0.39, 0.29) is 11.5 Å². The number of rotatable bonds is 6. The van der Waals surface area contributed by atoms with Crippen LogP contribution in [-0.4, -0.2) is 20.9 Å². The maximum Gasteiger partial charge on any atom is 0.121 e. The van der Waals surface area contributed by atoms with Gasteiger partial charge in [-0.25, -0.2) is 0 Å². The molecule has 112 valence electrons. The smallest absolute Gasteiger partial charge is 0.121 e. The predicted octanol–water partition coefficient (Wildman–Crippen LogP) is 3.84. The molecule has 0 aliphatic rings. The number of aliphatic hydroxyl groups is 1. The molecule has 0 bridgehead atoms. The summed E-state index contributed by atoms with van der Waals surface area (Å²) in [7, 11) is 0. The van der Waals surface area contributed by atoms with Gasteiger partial charge in [0.05, 0.1) is 5.60 Å². The third-order valence-electron chi connectivity index (χ3n) is 3.75. The zero-order chi connectivity index (χ0) is 15.3. The van der Waals surface area contributed by atoms with E-state index in [2.05, 4.69) is 19.9 Å². The van der Waals surface area contributed by atoms with E-state index in [0.717, 1.165) is 6.42 Å². The summed E-state index contributed by atoms with van der Waals surface area (Å²) in [5, 5.41) is 29.9. The van der Waals surface area contributed by atoms with E-state index in [1.807, 2.05) is 0 Å². The van der Waals surface area contributed by atoms with Crippen LogP contribution in [0.1, 0.15) is 51.2 Å². The maximum atomic E-state index is 10.4. The normalized spacial score (nSPS) is 15.2. The van der Waals surface area contributed by atoms with E-state index < -0.39 is 5.60 Å². The highest BCUT2D eigenvalue weighted by Gasteiger charge is 2.20. The second kappa shape index (κ2) is 6.80. The molecule has 0 heterocycles. The Kier molecular flexibility index (Phi) is 5.63. The van der Waals surface area contributed by atoms with Crippen LogP contribution >= 0.6 is 0 Å². The van der Waals surface area contributed by atoms with Crippen LogP contribution in [0.25, 0.3) is 0 Å². The van der Waals surface area contributed by atoms with Crippen molar-refractivity contribution < 1.29 is 15.3 Å². The molecule has 0 spiro atoms. The molecule has 0 radical (unpaired) electrons. The van der Waals surface area contributed by atoms with E-state index in [4.69, 9.17) is 0 Å². The molecule has 0 saturated heterocycles. The summed E-state index contributed by atoms with van der Waals surface area (Å²) in [5.41, 5.74) is 1.80. The first-order chi connectivity index (χ1) is 9.25. The Labute approximate surface area is 121 Å². The summed E-state index contributed by atoms with van der Waals surface area (Å²) in [6.45, 7) is 7.71. The van der Waals surface area contributed by atoms with Gasteiger partial charge in [0, 0.05) is 0 Å². The van der Waals surface area contributed by atoms with Crippen LogP contribution in [0, 0.1) is 6.92 Å². The van der Waals surface area contributed by atoms with Gasteiger partial charge in [-0.05, 0) is 69.7 Å². The van der Waals surface area contributed by atoms with Crippen molar-refractivity contribution >= 4 is 0 Å². The average molecular weight is 278 g/mol. The minimum atomic E-state index is -0.803. The molecule has 3 N–H and O–H groups in total.